The van der Waals surface area contributed by atoms with Crippen molar-refractivity contribution in [2.75, 3.05) is 12.4 Å². The second-order valence-corrected chi connectivity index (χ2v) is 4.41. The highest BCUT2D eigenvalue weighted by Gasteiger charge is 2.03. The summed E-state index contributed by atoms with van der Waals surface area (Å²) in [5, 5.41) is 12.1. The minimum Gasteiger partial charge on any atom is -0.380 e. The van der Waals surface area contributed by atoms with Gasteiger partial charge in [0.05, 0.1) is 17.9 Å². The van der Waals surface area contributed by atoms with Gasteiger partial charge in [0, 0.05) is 13.7 Å². The average molecular weight is 270 g/mol. The number of ether oxygens (including phenoxy) is 1. The Morgan fingerprint density at radius 1 is 1.20 bits per heavy atom. The third kappa shape index (κ3) is 3.56. The van der Waals surface area contributed by atoms with Crippen molar-refractivity contribution in [3.05, 3.63) is 65.0 Å². The lowest BCUT2D eigenvalue weighted by atomic mass is 10.1. The fourth-order valence-corrected chi connectivity index (χ4v) is 1.96. The standard InChI is InChI=1S/C16H15FN2O/c1-20-11-13-4-2-3-12(7-13)10-19-16-6-5-15(17)8-14(16)9-18/h2-8,19H,10-11H2,1H3. The Morgan fingerprint density at radius 3 is 2.75 bits per heavy atom. The molecule has 0 radical (unpaired) electrons. The molecular formula is C16H15FN2O. The fourth-order valence-electron chi connectivity index (χ4n) is 1.96. The molecule has 2 aromatic carbocycles. The summed E-state index contributed by atoms with van der Waals surface area (Å²) < 4.78 is 18.1. The van der Waals surface area contributed by atoms with Crippen LogP contribution in [0.2, 0.25) is 0 Å². The van der Waals surface area contributed by atoms with Crippen molar-refractivity contribution < 1.29 is 9.13 Å². The van der Waals surface area contributed by atoms with E-state index in [1.165, 1.54) is 12.1 Å². The molecule has 0 unspecified atom stereocenters. The van der Waals surface area contributed by atoms with Crippen LogP contribution in [0.5, 0.6) is 0 Å². The number of nitriles is 1. The minimum atomic E-state index is -0.408. The van der Waals surface area contributed by atoms with Gasteiger partial charge < -0.3 is 10.1 Å². The first kappa shape index (κ1) is 14.0. The van der Waals surface area contributed by atoms with E-state index in [-0.39, 0.29) is 0 Å². The second kappa shape index (κ2) is 6.69. The van der Waals surface area contributed by atoms with Crippen LogP contribution in [0, 0.1) is 17.1 Å². The van der Waals surface area contributed by atoms with E-state index >= 15 is 0 Å². The molecule has 4 heteroatoms. The maximum Gasteiger partial charge on any atom is 0.124 e. The molecule has 0 spiro atoms. The zero-order valence-corrected chi connectivity index (χ0v) is 11.2. The van der Waals surface area contributed by atoms with Gasteiger partial charge in [-0.05, 0) is 29.3 Å². The predicted octanol–water partition coefficient (Wildman–Crippen LogP) is 3.46. The van der Waals surface area contributed by atoms with Gasteiger partial charge in [-0.1, -0.05) is 24.3 Å². The first-order valence-corrected chi connectivity index (χ1v) is 6.23. The lowest BCUT2D eigenvalue weighted by Crippen LogP contribution is -2.02. The highest BCUT2D eigenvalue weighted by atomic mass is 19.1. The molecule has 0 aromatic heterocycles. The van der Waals surface area contributed by atoms with Crippen LogP contribution in [0.4, 0.5) is 10.1 Å². The Labute approximate surface area is 117 Å². The van der Waals surface area contributed by atoms with E-state index in [1.54, 1.807) is 13.2 Å². The Bertz CT molecular complexity index is 635. The van der Waals surface area contributed by atoms with Crippen molar-refractivity contribution in [3.8, 4) is 6.07 Å². The second-order valence-electron chi connectivity index (χ2n) is 4.41. The molecule has 0 heterocycles. The van der Waals surface area contributed by atoms with Crippen molar-refractivity contribution in [2.45, 2.75) is 13.2 Å². The smallest absolute Gasteiger partial charge is 0.124 e. The molecule has 2 rings (SSSR count). The van der Waals surface area contributed by atoms with Crippen LogP contribution in [0.1, 0.15) is 16.7 Å². The number of rotatable bonds is 5. The zero-order chi connectivity index (χ0) is 14.4. The number of hydrogen-bond acceptors (Lipinski definition) is 3. The molecule has 0 atom stereocenters. The van der Waals surface area contributed by atoms with Crippen LogP contribution in [-0.2, 0) is 17.9 Å². The highest BCUT2D eigenvalue weighted by Crippen LogP contribution is 2.17. The monoisotopic (exact) mass is 270 g/mol. The van der Waals surface area contributed by atoms with Gasteiger partial charge in [0.25, 0.3) is 0 Å². The summed E-state index contributed by atoms with van der Waals surface area (Å²) in [6.45, 7) is 1.13. The van der Waals surface area contributed by atoms with E-state index in [4.69, 9.17) is 10.00 Å². The number of benzene rings is 2. The predicted molar refractivity (Wildman–Crippen MR) is 75.6 cm³/mol. The third-order valence-electron chi connectivity index (χ3n) is 2.89. The molecule has 0 fully saturated rings. The van der Waals surface area contributed by atoms with Crippen LogP contribution in [-0.4, -0.2) is 7.11 Å². The summed E-state index contributed by atoms with van der Waals surface area (Å²) in [6.07, 6.45) is 0. The van der Waals surface area contributed by atoms with Gasteiger partial charge in [0.2, 0.25) is 0 Å². The molecule has 0 aliphatic carbocycles. The number of anilines is 1. The summed E-state index contributed by atoms with van der Waals surface area (Å²) in [5.74, 6) is -0.408. The maximum atomic E-state index is 13.0. The summed E-state index contributed by atoms with van der Waals surface area (Å²) in [7, 11) is 1.66. The van der Waals surface area contributed by atoms with Gasteiger partial charge in [-0.25, -0.2) is 4.39 Å². The topological polar surface area (TPSA) is 45.0 Å². The number of hydrogen-bond donors (Lipinski definition) is 1. The van der Waals surface area contributed by atoms with Gasteiger partial charge >= 0.3 is 0 Å². The fraction of sp³-hybridized carbons (Fsp3) is 0.188. The van der Waals surface area contributed by atoms with E-state index < -0.39 is 5.82 Å². The van der Waals surface area contributed by atoms with E-state index in [2.05, 4.69) is 5.32 Å². The molecule has 0 saturated heterocycles. The number of nitrogens with zero attached hydrogens (tertiary/aromatic N) is 1. The number of nitrogens with one attached hydrogen (secondary N) is 1. The van der Waals surface area contributed by atoms with Crippen LogP contribution in [0.25, 0.3) is 0 Å². The lowest BCUT2D eigenvalue weighted by Gasteiger charge is -2.09. The first-order valence-electron chi connectivity index (χ1n) is 6.23. The van der Waals surface area contributed by atoms with E-state index in [0.29, 0.717) is 24.4 Å². The summed E-state index contributed by atoms with van der Waals surface area (Å²) in [6, 6.07) is 14.1. The molecular weight excluding hydrogens is 255 g/mol. The Hall–Kier alpha value is -2.38. The Balaban J connectivity index is 2.09. The first-order chi connectivity index (χ1) is 9.72. The number of methoxy groups -OCH3 is 1. The van der Waals surface area contributed by atoms with Crippen molar-refractivity contribution in [3.63, 3.8) is 0 Å². The Morgan fingerprint density at radius 2 is 2.00 bits per heavy atom. The SMILES string of the molecule is COCc1cccc(CNc2ccc(F)cc2C#N)c1. The lowest BCUT2D eigenvalue weighted by molar-refractivity contribution is 0.185. The van der Waals surface area contributed by atoms with Gasteiger partial charge in [-0.2, -0.15) is 5.26 Å². The van der Waals surface area contributed by atoms with Gasteiger partial charge in [0.1, 0.15) is 11.9 Å². The van der Waals surface area contributed by atoms with Crippen molar-refractivity contribution in [1.82, 2.24) is 0 Å². The molecule has 102 valence electrons. The third-order valence-corrected chi connectivity index (χ3v) is 2.89. The van der Waals surface area contributed by atoms with Crippen molar-refractivity contribution >= 4 is 5.69 Å². The van der Waals surface area contributed by atoms with Gasteiger partial charge in [0.15, 0.2) is 0 Å². The molecule has 0 amide bonds. The van der Waals surface area contributed by atoms with E-state index in [0.717, 1.165) is 11.1 Å². The average Bonchev–Trinajstić information content (AvgIpc) is 2.46. The summed E-state index contributed by atoms with van der Waals surface area (Å²) in [5.41, 5.74) is 3.10. The largest absolute Gasteiger partial charge is 0.380 e. The maximum absolute atomic E-state index is 13.0. The molecule has 0 aliphatic rings. The van der Waals surface area contributed by atoms with Crippen molar-refractivity contribution in [2.24, 2.45) is 0 Å². The molecule has 0 aliphatic heterocycles. The van der Waals surface area contributed by atoms with Gasteiger partial charge in [-0.15, -0.1) is 0 Å². The van der Waals surface area contributed by atoms with Crippen LogP contribution < -0.4 is 5.32 Å². The van der Waals surface area contributed by atoms with E-state index in [9.17, 15) is 4.39 Å². The van der Waals surface area contributed by atoms with Gasteiger partial charge in [-0.3, -0.25) is 0 Å². The molecule has 20 heavy (non-hydrogen) atoms. The van der Waals surface area contributed by atoms with Crippen molar-refractivity contribution in [1.29, 1.82) is 5.26 Å². The van der Waals surface area contributed by atoms with E-state index in [1.807, 2.05) is 30.3 Å². The molecule has 0 saturated carbocycles. The molecule has 1 N–H and O–H groups in total. The van der Waals surface area contributed by atoms with Crippen LogP contribution in [0.3, 0.4) is 0 Å². The summed E-state index contributed by atoms with van der Waals surface area (Å²) in [4.78, 5) is 0. The quantitative estimate of drug-likeness (QED) is 0.905. The minimum absolute atomic E-state index is 0.304. The van der Waals surface area contributed by atoms with Crippen LogP contribution >= 0.6 is 0 Å². The normalized spacial score (nSPS) is 10.1. The highest BCUT2D eigenvalue weighted by molar-refractivity contribution is 5.57. The zero-order valence-electron chi connectivity index (χ0n) is 11.2. The van der Waals surface area contributed by atoms with Crippen LogP contribution in [0.15, 0.2) is 42.5 Å². The number of halogens is 1. The summed E-state index contributed by atoms with van der Waals surface area (Å²) >= 11 is 0. The molecule has 2 aromatic rings. The molecule has 3 nitrogen and oxygen atoms in total. The molecule has 0 bridgehead atoms. The Kier molecular flexibility index (Phi) is 4.70.